The molecule has 0 spiro atoms. The van der Waals surface area contributed by atoms with E-state index in [2.05, 4.69) is 15.1 Å². The van der Waals surface area contributed by atoms with Crippen molar-refractivity contribution in [1.29, 1.82) is 0 Å². The SMILES string of the molecule is COc1ccc(C(=O)Nc2cccc(-n3nccc3C)c2)cc1S(=O)(=O)NC1CCCC1. The number of ether oxygens (including phenoxy) is 1. The highest BCUT2D eigenvalue weighted by Gasteiger charge is 2.26. The minimum absolute atomic E-state index is 0.0412. The fourth-order valence-corrected chi connectivity index (χ4v) is 5.41. The predicted molar refractivity (Wildman–Crippen MR) is 122 cm³/mol. The molecular weight excluding hydrogens is 428 g/mol. The van der Waals surface area contributed by atoms with Gasteiger partial charge in [-0.3, -0.25) is 4.79 Å². The van der Waals surface area contributed by atoms with Crippen molar-refractivity contribution in [3.63, 3.8) is 0 Å². The van der Waals surface area contributed by atoms with Gasteiger partial charge in [-0.05, 0) is 62.2 Å². The molecule has 0 bridgehead atoms. The molecule has 0 atom stereocenters. The Kier molecular flexibility index (Phi) is 6.29. The maximum Gasteiger partial charge on any atom is 0.255 e. The first-order valence-electron chi connectivity index (χ1n) is 10.5. The van der Waals surface area contributed by atoms with Crippen molar-refractivity contribution in [3.05, 3.63) is 66.0 Å². The normalized spacial score (nSPS) is 14.4. The van der Waals surface area contributed by atoms with Gasteiger partial charge in [0.1, 0.15) is 10.6 Å². The number of aryl methyl sites for hydroxylation is 1. The van der Waals surface area contributed by atoms with Crippen LogP contribution in [0, 0.1) is 6.92 Å². The average Bonchev–Trinajstić information content (AvgIpc) is 3.44. The minimum Gasteiger partial charge on any atom is -0.495 e. The fourth-order valence-electron chi connectivity index (χ4n) is 3.91. The highest BCUT2D eigenvalue weighted by atomic mass is 32.2. The van der Waals surface area contributed by atoms with Crippen LogP contribution in [0.25, 0.3) is 5.69 Å². The monoisotopic (exact) mass is 454 g/mol. The van der Waals surface area contributed by atoms with Gasteiger partial charge in [-0.1, -0.05) is 18.9 Å². The summed E-state index contributed by atoms with van der Waals surface area (Å²) < 4.78 is 35.7. The predicted octanol–water partition coefficient (Wildman–Crippen LogP) is 3.66. The number of nitrogens with zero attached hydrogens (tertiary/aromatic N) is 2. The second-order valence-electron chi connectivity index (χ2n) is 7.86. The number of benzene rings is 2. The van der Waals surface area contributed by atoms with E-state index in [1.807, 2.05) is 25.1 Å². The van der Waals surface area contributed by atoms with E-state index in [1.54, 1.807) is 29.1 Å². The van der Waals surface area contributed by atoms with Gasteiger partial charge in [-0.2, -0.15) is 5.10 Å². The molecule has 168 valence electrons. The van der Waals surface area contributed by atoms with Gasteiger partial charge in [-0.25, -0.2) is 17.8 Å². The van der Waals surface area contributed by atoms with Crippen LogP contribution in [0.3, 0.4) is 0 Å². The summed E-state index contributed by atoms with van der Waals surface area (Å²) in [4.78, 5) is 12.9. The number of hydrogen-bond donors (Lipinski definition) is 2. The first-order valence-corrected chi connectivity index (χ1v) is 12.0. The Morgan fingerprint density at radius 1 is 1.12 bits per heavy atom. The summed E-state index contributed by atoms with van der Waals surface area (Å²) in [5.74, 6) is -0.220. The van der Waals surface area contributed by atoms with E-state index in [0.717, 1.165) is 37.1 Å². The maximum atomic E-state index is 13.0. The lowest BCUT2D eigenvalue weighted by atomic mass is 10.2. The highest BCUT2D eigenvalue weighted by Crippen LogP contribution is 2.28. The molecule has 0 saturated heterocycles. The Bertz CT molecular complexity index is 1230. The molecule has 8 nitrogen and oxygen atoms in total. The van der Waals surface area contributed by atoms with Crippen LogP contribution in [0.2, 0.25) is 0 Å². The lowest BCUT2D eigenvalue weighted by molar-refractivity contribution is 0.102. The molecule has 3 aromatic rings. The number of hydrogen-bond acceptors (Lipinski definition) is 5. The summed E-state index contributed by atoms with van der Waals surface area (Å²) in [5.41, 5.74) is 2.57. The molecule has 2 N–H and O–H groups in total. The zero-order valence-corrected chi connectivity index (χ0v) is 18.9. The third-order valence-corrected chi connectivity index (χ3v) is 7.11. The number of anilines is 1. The van der Waals surface area contributed by atoms with E-state index < -0.39 is 15.9 Å². The number of amides is 1. The molecule has 0 radical (unpaired) electrons. The number of rotatable bonds is 7. The van der Waals surface area contributed by atoms with Crippen LogP contribution < -0.4 is 14.8 Å². The van der Waals surface area contributed by atoms with Crippen LogP contribution in [0.1, 0.15) is 41.7 Å². The van der Waals surface area contributed by atoms with E-state index >= 15 is 0 Å². The van der Waals surface area contributed by atoms with E-state index in [-0.39, 0.29) is 22.3 Å². The molecule has 1 aliphatic rings. The van der Waals surface area contributed by atoms with Gasteiger partial charge < -0.3 is 10.1 Å². The first kappa shape index (κ1) is 22.0. The van der Waals surface area contributed by atoms with Gasteiger partial charge in [0.2, 0.25) is 10.0 Å². The molecule has 0 unspecified atom stereocenters. The third kappa shape index (κ3) is 4.68. The number of sulfonamides is 1. The standard InChI is InChI=1S/C23H26N4O4S/c1-16-12-13-24-27(16)20-9-5-8-19(15-20)25-23(28)17-10-11-21(31-2)22(14-17)32(29,30)26-18-6-3-4-7-18/h5,8-15,18,26H,3-4,6-7H2,1-2H3,(H,25,28). The van der Waals surface area contributed by atoms with Crippen LogP contribution >= 0.6 is 0 Å². The quantitative estimate of drug-likeness (QED) is 0.567. The number of aromatic nitrogens is 2. The van der Waals surface area contributed by atoms with Crippen molar-refractivity contribution in [3.8, 4) is 11.4 Å². The van der Waals surface area contributed by atoms with Gasteiger partial charge in [0.05, 0.1) is 12.8 Å². The molecule has 9 heteroatoms. The molecule has 32 heavy (non-hydrogen) atoms. The Balaban J connectivity index is 1.58. The second-order valence-corrected chi connectivity index (χ2v) is 9.54. The van der Waals surface area contributed by atoms with Crippen LogP contribution in [-0.2, 0) is 10.0 Å². The number of carbonyl (C=O) groups is 1. The molecule has 1 aromatic heterocycles. The molecular formula is C23H26N4O4S. The van der Waals surface area contributed by atoms with E-state index in [9.17, 15) is 13.2 Å². The van der Waals surface area contributed by atoms with Crippen LogP contribution in [0.4, 0.5) is 5.69 Å². The summed E-state index contributed by atoms with van der Waals surface area (Å²) in [6.07, 6.45) is 5.34. The van der Waals surface area contributed by atoms with Crippen molar-refractivity contribution in [1.82, 2.24) is 14.5 Å². The Hall–Kier alpha value is -3.17. The lowest BCUT2D eigenvalue weighted by Crippen LogP contribution is -2.33. The van der Waals surface area contributed by atoms with Crippen molar-refractivity contribution in [2.75, 3.05) is 12.4 Å². The molecule has 2 aromatic carbocycles. The van der Waals surface area contributed by atoms with Crippen molar-refractivity contribution in [2.24, 2.45) is 0 Å². The lowest BCUT2D eigenvalue weighted by Gasteiger charge is -2.16. The topological polar surface area (TPSA) is 102 Å². The Morgan fingerprint density at radius 2 is 1.91 bits per heavy atom. The first-order chi connectivity index (χ1) is 15.4. The van der Waals surface area contributed by atoms with E-state index in [0.29, 0.717) is 5.69 Å². The van der Waals surface area contributed by atoms with Crippen LogP contribution in [0.15, 0.2) is 59.6 Å². The van der Waals surface area contributed by atoms with E-state index in [1.165, 1.54) is 19.2 Å². The molecule has 1 saturated carbocycles. The number of methoxy groups -OCH3 is 1. The fraction of sp³-hybridized carbons (Fsp3) is 0.304. The Labute approximate surface area is 187 Å². The van der Waals surface area contributed by atoms with Crippen molar-refractivity contribution >= 4 is 21.6 Å². The smallest absolute Gasteiger partial charge is 0.255 e. The zero-order chi connectivity index (χ0) is 22.7. The molecule has 1 heterocycles. The third-order valence-electron chi connectivity index (χ3n) is 5.57. The molecule has 1 aliphatic carbocycles. The molecule has 1 fully saturated rings. The summed E-state index contributed by atoms with van der Waals surface area (Å²) >= 11 is 0. The van der Waals surface area contributed by atoms with Crippen LogP contribution in [0.5, 0.6) is 5.75 Å². The average molecular weight is 455 g/mol. The van der Waals surface area contributed by atoms with Gasteiger partial charge in [0, 0.05) is 29.2 Å². The van der Waals surface area contributed by atoms with Gasteiger partial charge in [-0.15, -0.1) is 0 Å². The van der Waals surface area contributed by atoms with Gasteiger partial charge >= 0.3 is 0 Å². The maximum absolute atomic E-state index is 13.0. The van der Waals surface area contributed by atoms with Gasteiger partial charge in [0.25, 0.3) is 5.91 Å². The Morgan fingerprint density at radius 3 is 2.59 bits per heavy atom. The number of carbonyl (C=O) groups excluding carboxylic acids is 1. The highest BCUT2D eigenvalue weighted by molar-refractivity contribution is 7.89. The molecule has 4 rings (SSSR count). The second kappa shape index (κ2) is 9.13. The summed E-state index contributed by atoms with van der Waals surface area (Å²) in [7, 11) is -2.41. The molecule has 1 amide bonds. The summed E-state index contributed by atoms with van der Waals surface area (Å²) in [6, 6.07) is 13.5. The summed E-state index contributed by atoms with van der Waals surface area (Å²) in [6.45, 7) is 1.94. The van der Waals surface area contributed by atoms with Crippen LogP contribution in [-0.4, -0.2) is 37.3 Å². The summed E-state index contributed by atoms with van der Waals surface area (Å²) in [5, 5.41) is 7.11. The van der Waals surface area contributed by atoms with Crippen molar-refractivity contribution in [2.45, 2.75) is 43.5 Å². The van der Waals surface area contributed by atoms with E-state index in [4.69, 9.17) is 4.74 Å². The largest absolute Gasteiger partial charge is 0.495 e. The van der Waals surface area contributed by atoms with Crippen molar-refractivity contribution < 1.29 is 17.9 Å². The molecule has 0 aliphatic heterocycles. The zero-order valence-electron chi connectivity index (χ0n) is 18.0. The van der Waals surface area contributed by atoms with Gasteiger partial charge in [0.15, 0.2) is 0 Å². The minimum atomic E-state index is -3.82. The number of nitrogens with one attached hydrogen (secondary N) is 2.